The van der Waals surface area contributed by atoms with E-state index >= 15 is 0 Å². The van der Waals surface area contributed by atoms with Crippen molar-refractivity contribution in [2.45, 2.75) is 33.2 Å². The average Bonchev–Trinajstić information content (AvgIpc) is 2.49. The fourth-order valence-corrected chi connectivity index (χ4v) is 1.95. The molecule has 0 spiro atoms. The molecule has 0 aliphatic rings. The van der Waals surface area contributed by atoms with Gasteiger partial charge in [-0.25, -0.2) is 0 Å². The highest BCUT2D eigenvalue weighted by atomic mass is 16.5. The van der Waals surface area contributed by atoms with Crippen LogP contribution < -0.4 is 19.5 Å². The summed E-state index contributed by atoms with van der Waals surface area (Å²) >= 11 is 0. The Bertz CT molecular complexity index is 446. The van der Waals surface area contributed by atoms with Gasteiger partial charge in [0, 0.05) is 13.0 Å². The number of ether oxygens (including phenoxy) is 3. The Kier molecular flexibility index (Phi) is 6.85. The van der Waals surface area contributed by atoms with Crippen molar-refractivity contribution in [1.29, 1.82) is 0 Å². The summed E-state index contributed by atoms with van der Waals surface area (Å²) in [6.07, 6.45) is 1.43. The van der Waals surface area contributed by atoms with Gasteiger partial charge >= 0.3 is 0 Å². The fourth-order valence-electron chi connectivity index (χ4n) is 1.95. The molecule has 0 aliphatic carbocycles. The molecule has 118 valence electrons. The van der Waals surface area contributed by atoms with Gasteiger partial charge in [-0.3, -0.25) is 4.79 Å². The van der Waals surface area contributed by atoms with Crippen molar-refractivity contribution in [3.8, 4) is 17.2 Å². The van der Waals surface area contributed by atoms with E-state index in [0.717, 1.165) is 12.0 Å². The zero-order valence-corrected chi connectivity index (χ0v) is 13.5. The Labute approximate surface area is 126 Å². The highest BCUT2D eigenvalue weighted by molar-refractivity contribution is 5.75. The third kappa shape index (κ3) is 5.17. The Morgan fingerprint density at radius 1 is 1.10 bits per heavy atom. The van der Waals surface area contributed by atoms with Crippen LogP contribution in [0.1, 0.15) is 32.3 Å². The molecule has 1 aromatic rings. The summed E-state index contributed by atoms with van der Waals surface area (Å²) in [6, 6.07) is 3.67. The van der Waals surface area contributed by atoms with E-state index in [1.807, 2.05) is 12.1 Å². The monoisotopic (exact) mass is 295 g/mol. The van der Waals surface area contributed by atoms with E-state index < -0.39 is 0 Å². The van der Waals surface area contributed by atoms with Crippen molar-refractivity contribution in [3.63, 3.8) is 0 Å². The normalized spacial score (nSPS) is 10.4. The van der Waals surface area contributed by atoms with E-state index in [1.165, 1.54) is 0 Å². The number of methoxy groups -OCH3 is 3. The molecule has 0 saturated carbocycles. The third-order valence-electron chi connectivity index (χ3n) is 3.16. The van der Waals surface area contributed by atoms with Crippen LogP contribution in [0.5, 0.6) is 17.2 Å². The van der Waals surface area contributed by atoms with Crippen LogP contribution in [0.3, 0.4) is 0 Å². The first-order valence-corrected chi connectivity index (χ1v) is 7.07. The second-order valence-corrected chi connectivity index (χ2v) is 5.24. The van der Waals surface area contributed by atoms with Crippen molar-refractivity contribution in [2.24, 2.45) is 5.92 Å². The second-order valence-electron chi connectivity index (χ2n) is 5.24. The topological polar surface area (TPSA) is 56.8 Å². The molecular formula is C16H25NO4. The number of hydrogen-bond donors (Lipinski definition) is 1. The number of amides is 1. The molecular weight excluding hydrogens is 270 g/mol. The van der Waals surface area contributed by atoms with Gasteiger partial charge in [-0.15, -0.1) is 0 Å². The molecule has 0 radical (unpaired) electrons. The van der Waals surface area contributed by atoms with Crippen LogP contribution in [0.25, 0.3) is 0 Å². The minimum Gasteiger partial charge on any atom is -0.493 e. The van der Waals surface area contributed by atoms with E-state index in [4.69, 9.17) is 14.2 Å². The smallest absolute Gasteiger partial charge is 0.220 e. The van der Waals surface area contributed by atoms with E-state index in [0.29, 0.717) is 36.1 Å². The molecule has 0 aliphatic heterocycles. The number of carbonyl (C=O) groups excluding carboxylic acids is 1. The van der Waals surface area contributed by atoms with Crippen molar-refractivity contribution >= 4 is 5.91 Å². The van der Waals surface area contributed by atoms with Crippen molar-refractivity contribution in [2.75, 3.05) is 21.3 Å². The standard InChI is InChI=1S/C16H25NO4/c1-11(2)6-7-15(18)17-10-12-8-13(19-3)16(21-5)14(9-12)20-4/h8-9,11H,6-7,10H2,1-5H3,(H,17,18). The molecule has 5 nitrogen and oxygen atoms in total. The molecule has 0 aromatic heterocycles. The van der Waals surface area contributed by atoms with Gasteiger partial charge in [-0.2, -0.15) is 0 Å². The maximum atomic E-state index is 11.8. The van der Waals surface area contributed by atoms with Crippen LogP contribution in [0, 0.1) is 5.92 Å². The Morgan fingerprint density at radius 3 is 2.10 bits per heavy atom. The van der Waals surface area contributed by atoms with Gasteiger partial charge in [0.05, 0.1) is 21.3 Å². The Morgan fingerprint density at radius 2 is 1.67 bits per heavy atom. The molecule has 0 bridgehead atoms. The zero-order chi connectivity index (χ0) is 15.8. The lowest BCUT2D eigenvalue weighted by Gasteiger charge is -2.14. The lowest BCUT2D eigenvalue weighted by Crippen LogP contribution is -2.22. The first-order chi connectivity index (χ1) is 10.0. The van der Waals surface area contributed by atoms with Crippen LogP contribution in [-0.4, -0.2) is 27.2 Å². The number of carbonyl (C=O) groups is 1. The van der Waals surface area contributed by atoms with Crippen LogP contribution >= 0.6 is 0 Å². The number of rotatable bonds is 8. The number of nitrogens with one attached hydrogen (secondary N) is 1. The summed E-state index contributed by atoms with van der Waals surface area (Å²) in [6.45, 7) is 4.65. The molecule has 0 saturated heterocycles. The van der Waals surface area contributed by atoms with Gasteiger partial charge in [-0.1, -0.05) is 13.8 Å². The van der Waals surface area contributed by atoms with Crippen molar-refractivity contribution < 1.29 is 19.0 Å². The van der Waals surface area contributed by atoms with Gasteiger partial charge in [0.1, 0.15) is 0 Å². The lowest BCUT2D eigenvalue weighted by molar-refractivity contribution is -0.121. The molecule has 1 rings (SSSR count). The van der Waals surface area contributed by atoms with E-state index in [-0.39, 0.29) is 5.91 Å². The summed E-state index contributed by atoms with van der Waals surface area (Å²) in [7, 11) is 4.71. The molecule has 1 amide bonds. The first-order valence-electron chi connectivity index (χ1n) is 7.07. The Balaban J connectivity index is 2.73. The molecule has 1 N–H and O–H groups in total. The fraction of sp³-hybridized carbons (Fsp3) is 0.562. The van der Waals surface area contributed by atoms with Gasteiger partial charge in [0.2, 0.25) is 11.7 Å². The summed E-state index contributed by atoms with van der Waals surface area (Å²) in [5.74, 6) is 2.30. The second kappa shape index (κ2) is 8.39. The molecule has 0 heterocycles. The predicted molar refractivity (Wildman–Crippen MR) is 82.0 cm³/mol. The van der Waals surface area contributed by atoms with Gasteiger partial charge in [0.25, 0.3) is 0 Å². The summed E-state index contributed by atoms with van der Waals surface area (Å²) in [4.78, 5) is 11.8. The predicted octanol–water partition coefficient (Wildman–Crippen LogP) is 2.76. The van der Waals surface area contributed by atoms with Gasteiger partial charge in [0.15, 0.2) is 11.5 Å². The first kappa shape index (κ1) is 17.1. The minimum absolute atomic E-state index is 0.0532. The summed E-state index contributed by atoms with van der Waals surface area (Å²) in [5, 5.41) is 2.90. The van der Waals surface area contributed by atoms with Crippen LogP contribution in [0.4, 0.5) is 0 Å². The maximum absolute atomic E-state index is 11.8. The molecule has 5 heteroatoms. The Hall–Kier alpha value is -1.91. The van der Waals surface area contributed by atoms with E-state index in [9.17, 15) is 4.79 Å². The largest absolute Gasteiger partial charge is 0.493 e. The van der Waals surface area contributed by atoms with E-state index in [1.54, 1.807) is 21.3 Å². The minimum atomic E-state index is 0.0532. The van der Waals surface area contributed by atoms with E-state index in [2.05, 4.69) is 19.2 Å². The van der Waals surface area contributed by atoms with Gasteiger partial charge < -0.3 is 19.5 Å². The van der Waals surface area contributed by atoms with Gasteiger partial charge in [-0.05, 0) is 30.0 Å². The highest BCUT2D eigenvalue weighted by Gasteiger charge is 2.13. The van der Waals surface area contributed by atoms with Crippen molar-refractivity contribution in [3.05, 3.63) is 17.7 Å². The number of hydrogen-bond acceptors (Lipinski definition) is 4. The lowest BCUT2D eigenvalue weighted by atomic mass is 10.1. The van der Waals surface area contributed by atoms with Crippen molar-refractivity contribution in [1.82, 2.24) is 5.32 Å². The summed E-state index contributed by atoms with van der Waals surface area (Å²) in [5.41, 5.74) is 0.905. The van der Waals surface area contributed by atoms with Crippen LogP contribution in [0.15, 0.2) is 12.1 Å². The molecule has 0 fully saturated rings. The number of benzene rings is 1. The third-order valence-corrected chi connectivity index (χ3v) is 3.16. The zero-order valence-electron chi connectivity index (χ0n) is 13.5. The average molecular weight is 295 g/mol. The maximum Gasteiger partial charge on any atom is 0.220 e. The highest BCUT2D eigenvalue weighted by Crippen LogP contribution is 2.38. The molecule has 1 aromatic carbocycles. The summed E-state index contributed by atoms with van der Waals surface area (Å²) < 4.78 is 15.8. The molecule has 21 heavy (non-hydrogen) atoms. The quantitative estimate of drug-likeness (QED) is 0.801. The SMILES string of the molecule is COc1cc(CNC(=O)CCC(C)C)cc(OC)c1OC. The van der Waals surface area contributed by atoms with Crippen LogP contribution in [-0.2, 0) is 11.3 Å². The molecule has 0 unspecified atom stereocenters. The molecule has 0 atom stereocenters. The van der Waals surface area contributed by atoms with Crippen LogP contribution in [0.2, 0.25) is 0 Å².